The van der Waals surface area contributed by atoms with E-state index in [0.29, 0.717) is 5.75 Å². The molecule has 0 radical (unpaired) electrons. The van der Waals surface area contributed by atoms with E-state index in [4.69, 9.17) is 4.74 Å². The van der Waals surface area contributed by atoms with Crippen molar-refractivity contribution in [3.8, 4) is 5.75 Å². The quantitative estimate of drug-likeness (QED) is 0.471. The molecule has 1 atom stereocenters. The van der Waals surface area contributed by atoms with Gasteiger partial charge in [-0.25, -0.2) is 0 Å². The first-order valence-electron chi connectivity index (χ1n) is 7.69. The number of benzene rings is 2. The Balaban J connectivity index is 2.15. The highest BCUT2D eigenvalue weighted by Gasteiger charge is 2.19. The minimum absolute atomic E-state index is 0.106. The molecule has 0 spiro atoms. The molecule has 6 nitrogen and oxygen atoms in total. The Morgan fingerprint density at radius 2 is 1.96 bits per heavy atom. The van der Waals surface area contributed by atoms with Crippen LogP contribution >= 0.6 is 11.8 Å². The molecule has 0 fully saturated rings. The van der Waals surface area contributed by atoms with Gasteiger partial charge >= 0.3 is 0 Å². The fourth-order valence-corrected chi connectivity index (χ4v) is 3.26. The second-order valence-electron chi connectivity index (χ2n) is 5.66. The Bertz CT molecular complexity index is 808. The Hall–Kier alpha value is -2.54. The minimum Gasteiger partial charge on any atom is -0.495 e. The molecule has 0 aliphatic carbocycles. The van der Waals surface area contributed by atoms with Crippen LogP contribution in [-0.2, 0) is 4.79 Å². The van der Waals surface area contributed by atoms with Gasteiger partial charge in [0.25, 0.3) is 5.69 Å². The van der Waals surface area contributed by atoms with Gasteiger partial charge in [-0.2, -0.15) is 0 Å². The summed E-state index contributed by atoms with van der Waals surface area (Å²) < 4.78 is 5.17. The molecule has 2 aromatic carbocycles. The number of ether oxygens (including phenoxy) is 1. The van der Waals surface area contributed by atoms with Crippen molar-refractivity contribution >= 4 is 29.0 Å². The Kier molecular flexibility index (Phi) is 6.03. The van der Waals surface area contributed by atoms with E-state index < -0.39 is 4.92 Å². The fraction of sp³-hybridized carbons (Fsp3) is 0.278. The summed E-state index contributed by atoms with van der Waals surface area (Å²) in [7, 11) is 1.45. The Morgan fingerprint density at radius 3 is 2.56 bits per heavy atom. The zero-order valence-corrected chi connectivity index (χ0v) is 15.3. The van der Waals surface area contributed by atoms with Gasteiger partial charge in [0.2, 0.25) is 5.91 Å². The number of amides is 1. The molecule has 0 unspecified atom stereocenters. The number of methoxy groups -OCH3 is 1. The molecule has 0 heterocycles. The van der Waals surface area contributed by atoms with E-state index in [0.717, 1.165) is 10.5 Å². The number of carbonyl (C=O) groups is 1. The van der Waals surface area contributed by atoms with Gasteiger partial charge in [-0.15, -0.1) is 11.8 Å². The third kappa shape index (κ3) is 4.73. The van der Waals surface area contributed by atoms with E-state index >= 15 is 0 Å². The monoisotopic (exact) mass is 360 g/mol. The molecule has 0 saturated heterocycles. The molecule has 132 valence electrons. The number of aryl methyl sites for hydroxylation is 2. The molecule has 0 aromatic heterocycles. The standard InChI is InChI=1S/C18H20N2O4S/c1-11-5-8-17(12(2)9-11)25-13(3)18(21)19-15-10-14(20(22)23)6-7-16(15)24-4/h5-10,13H,1-4H3,(H,19,21)/t13-/m1/s1. The number of nitro benzene ring substituents is 1. The number of thioether (sulfide) groups is 1. The van der Waals surface area contributed by atoms with Crippen LogP contribution in [0.2, 0.25) is 0 Å². The molecular formula is C18H20N2O4S. The SMILES string of the molecule is COc1ccc([N+](=O)[O-])cc1NC(=O)[C@@H](C)Sc1ccc(C)cc1C. The van der Waals surface area contributed by atoms with E-state index in [-0.39, 0.29) is 22.5 Å². The summed E-state index contributed by atoms with van der Waals surface area (Å²) >= 11 is 1.44. The van der Waals surface area contributed by atoms with Crippen LogP contribution in [0.1, 0.15) is 18.1 Å². The van der Waals surface area contributed by atoms with Crippen LogP contribution in [0, 0.1) is 24.0 Å². The molecule has 25 heavy (non-hydrogen) atoms. The zero-order chi connectivity index (χ0) is 18.6. The third-order valence-electron chi connectivity index (χ3n) is 3.66. The maximum absolute atomic E-state index is 12.5. The van der Waals surface area contributed by atoms with Crippen molar-refractivity contribution in [2.75, 3.05) is 12.4 Å². The second-order valence-corrected chi connectivity index (χ2v) is 7.04. The second kappa shape index (κ2) is 8.02. The first-order valence-corrected chi connectivity index (χ1v) is 8.57. The van der Waals surface area contributed by atoms with E-state index in [1.807, 2.05) is 26.0 Å². The largest absolute Gasteiger partial charge is 0.495 e. The van der Waals surface area contributed by atoms with Crippen LogP contribution in [0.5, 0.6) is 5.75 Å². The number of carbonyl (C=O) groups excluding carboxylic acids is 1. The number of nitrogens with zero attached hydrogens (tertiary/aromatic N) is 1. The molecule has 1 amide bonds. The summed E-state index contributed by atoms with van der Waals surface area (Å²) in [6.45, 7) is 5.82. The molecule has 2 rings (SSSR count). The van der Waals surface area contributed by atoms with Crippen molar-refractivity contribution in [1.29, 1.82) is 0 Å². The van der Waals surface area contributed by atoms with Gasteiger partial charge in [0.05, 0.1) is 23.0 Å². The van der Waals surface area contributed by atoms with E-state index in [9.17, 15) is 14.9 Å². The Labute approximate surface area is 150 Å². The average molecular weight is 360 g/mol. The lowest BCUT2D eigenvalue weighted by atomic mass is 10.2. The lowest BCUT2D eigenvalue weighted by Crippen LogP contribution is -2.22. The molecule has 2 aromatic rings. The molecule has 1 N–H and O–H groups in total. The number of rotatable bonds is 6. The van der Waals surface area contributed by atoms with Gasteiger partial charge in [-0.3, -0.25) is 14.9 Å². The van der Waals surface area contributed by atoms with Crippen molar-refractivity contribution in [3.05, 3.63) is 57.6 Å². The van der Waals surface area contributed by atoms with Gasteiger partial charge in [-0.1, -0.05) is 17.7 Å². The van der Waals surface area contributed by atoms with Crippen LogP contribution in [0.3, 0.4) is 0 Å². The number of nitrogens with one attached hydrogen (secondary N) is 1. The van der Waals surface area contributed by atoms with Gasteiger partial charge in [0, 0.05) is 17.0 Å². The summed E-state index contributed by atoms with van der Waals surface area (Å²) in [5.74, 6) is 0.131. The van der Waals surface area contributed by atoms with Crippen LogP contribution in [0.15, 0.2) is 41.3 Å². The number of hydrogen-bond acceptors (Lipinski definition) is 5. The van der Waals surface area contributed by atoms with E-state index in [1.165, 1.54) is 42.6 Å². The van der Waals surface area contributed by atoms with Crippen molar-refractivity contribution in [2.45, 2.75) is 30.9 Å². The summed E-state index contributed by atoms with van der Waals surface area (Å²) in [6, 6.07) is 10.2. The zero-order valence-electron chi connectivity index (χ0n) is 14.5. The van der Waals surface area contributed by atoms with E-state index in [2.05, 4.69) is 11.4 Å². The van der Waals surface area contributed by atoms with Gasteiger partial charge in [0.15, 0.2) is 0 Å². The number of nitro groups is 1. The summed E-state index contributed by atoms with van der Waals surface area (Å²) in [5, 5.41) is 13.3. The first kappa shape index (κ1) is 18.8. The highest BCUT2D eigenvalue weighted by molar-refractivity contribution is 8.00. The van der Waals surface area contributed by atoms with Crippen molar-refractivity contribution < 1.29 is 14.5 Å². The fourth-order valence-electron chi connectivity index (χ4n) is 2.32. The molecule has 0 aliphatic heterocycles. The highest BCUT2D eigenvalue weighted by Crippen LogP contribution is 2.31. The predicted octanol–water partition coefficient (Wildman–Crippen LogP) is 4.34. The molecular weight excluding hydrogens is 340 g/mol. The number of non-ortho nitro benzene ring substituents is 1. The van der Waals surface area contributed by atoms with Crippen LogP contribution < -0.4 is 10.1 Å². The van der Waals surface area contributed by atoms with Crippen LogP contribution in [0.25, 0.3) is 0 Å². The predicted molar refractivity (Wildman–Crippen MR) is 99.5 cm³/mol. The number of anilines is 1. The van der Waals surface area contributed by atoms with Crippen LogP contribution in [0.4, 0.5) is 11.4 Å². The summed E-state index contributed by atoms with van der Waals surface area (Å²) in [5.41, 5.74) is 2.46. The van der Waals surface area contributed by atoms with Crippen molar-refractivity contribution in [1.82, 2.24) is 0 Å². The van der Waals surface area contributed by atoms with Gasteiger partial charge < -0.3 is 10.1 Å². The lowest BCUT2D eigenvalue weighted by molar-refractivity contribution is -0.384. The molecule has 0 saturated carbocycles. The van der Waals surface area contributed by atoms with Gasteiger partial charge in [0.1, 0.15) is 5.75 Å². The molecule has 7 heteroatoms. The molecule has 0 bridgehead atoms. The smallest absolute Gasteiger partial charge is 0.271 e. The highest BCUT2D eigenvalue weighted by atomic mass is 32.2. The summed E-state index contributed by atoms with van der Waals surface area (Å²) in [4.78, 5) is 23.9. The minimum atomic E-state index is -0.511. The van der Waals surface area contributed by atoms with Gasteiger partial charge in [-0.05, 0) is 38.5 Å². The lowest BCUT2D eigenvalue weighted by Gasteiger charge is -2.15. The summed E-state index contributed by atoms with van der Waals surface area (Å²) in [6.07, 6.45) is 0. The van der Waals surface area contributed by atoms with Crippen LogP contribution in [-0.4, -0.2) is 23.2 Å². The maximum Gasteiger partial charge on any atom is 0.271 e. The normalized spacial score (nSPS) is 11.7. The number of hydrogen-bond donors (Lipinski definition) is 1. The average Bonchev–Trinajstić information content (AvgIpc) is 2.57. The van der Waals surface area contributed by atoms with Crippen molar-refractivity contribution in [3.63, 3.8) is 0 Å². The van der Waals surface area contributed by atoms with E-state index in [1.54, 1.807) is 6.92 Å². The Morgan fingerprint density at radius 1 is 1.24 bits per heavy atom. The van der Waals surface area contributed by atoms with Crippen molar-refractivity contribution in [2.24, 2.45) is 0 Å². The molecule has 0 aliphatic rings. The topological polar surface area (TPSA) is 81.5 Å². The first-order chi connectivity index (χ1) is 11.8. The third-order valence-corrected chi connectivity index (χ3v) is 4.93. The maximum atomic E-state index is 12.5.